The van der Waals surface area contributed by atoms with Crippen molar-refractivity contribution in [2.24, 2.45) is 5.92 Å². The van der Waals surface area contributed by atoms with Crippen LogP contribution in [-0.2, 0) is 6.54 Å². The fourth-order valence-corrected chi connectivity index (χ4v) is 3.90. The Bertz CT molecular complexity index is 643. The highest BCUT2D eigenvalue weighted by molar-refractivity contribution is 6.18. The van der Waals surface area contributed by atoms with Gasteiger partial charge in [0.15, 0.2) is 0 Å². The molecule has 0 aliphatic carbocycles. The third-order valence-electron chi connectivity index (χ3n) is 4.75. The Balaban J connectivity index is 1.81. The summed E-state index contributed by atoms with van der Waals surface area (Å²) >= 11 is 6.29. The Hall–Kier alpha value is -1.51. The Morgan fingerprint density at radius 3 is 2.61 bits per heavy atom. The lowest BCUT2D eigenvalue weighted by atomic mass is 9.88. The molecule has 2 atom stereocenters. The number of ether oxygens (including phenoxy) is 1. The Morgan fingerprint density at radius 2 is 1.91 bits per heavy atom. The fourth-order valence-electron chi connectivity index (χ4n) is 3.58. The van der Waals surface area contributed by atoms with Crippen LogP contribution in [0.5, 0.6) is 5.75 Å². The van der Waals surface area contributed by atoms with E-state index in [1.807, 2.05) is 0 Å². The van der Waals surface area contributed by atoms with Crippen LogP contribution in [0.3, 0.4) is 0 Å². The van der Waals surface area contributed by atoms with Crippen molar-refractivity contribution in [3.63, 3.8) is 0 Å². The monoisotopic (exact) mass is 329 g/mol. The Morgan fingerprint density at radius 1 is 1.13 bits per heavy atom. The summed E-state index contributed by atoms with van der Waals surface area (Å²) in [6, 6.07) is 17.1. The summed E-state index contributed by atoms with van der Waals surface area (Å²) in [6.07, 6.45) is 0. The van der Waals surface area contributed by atoms with Gasteiger partial charge < -0.3 is 4.74 Å². The molecule has 1 aliphatic heterocycles. The molecule has 0 aromatic heterocycles. The molecule has 2 unspecified atom stereocenters. The van der Waals surface area contributed by atoms with Gasteiger partial charge in [0, 0.05) is 31.4 Å². The van der Waals surface area contributed by atoms with E-state index in [-0.39, 0.29) is 0 Å². The molecule has 0 spiro atoms. The quantitative estimate of drug-likeness (QED) is 0.751. The predicted molar refractivity (Wildman–Crippen MR) is 96.4 cm³/mol. The van der Waals surface area contributed by atoms with Crippen molar-refractivity contribution < 1.29 is 4.74 Å². The van der Waals surface area contributed by atoms with Crippen molar-refractivity contribution in [1.29, 1.82) is 0 Å². The molecule has 3 rings (SSSR count). The van der Waals surface area contributed by atoms with E-state index in [1.165, 1.54) is 16.7 Å². The van der Waals surface area contributed by atoms with Crippen molar-refractivity contribution in [2.45, 2.75) is 19.4 Å². The van der Waals surface area contributed by atoms with Crippen molar-refractivity contribution in [3.8, 4) is 5.75 Å². The summed E-state index contributed by atoms with van der Waals surface area (Å²) in [6.45, 7) is 5.19. The highest BCUT2D eigenvalue weighted by Crippen LogP contribution is 2.39. The van der Waals surface area contributed by atoms with Gasteiger partial charge in [0.25, 0.3) is 0 Å². The number of hydrogen-bond acceptors (Lipinski definition) is 2. The van der Waals surface area contributed by atoms with E-state index in [2.05, 4.69) is 60.4 Å². The topological polar surface area (TPSA) is 12.5 Å². The number of rotatable bonds is 5. The normalized spacial score (nSPS) is 21.5. The third-order valence-corrected chi connectivity index (χ3v) is 5.14. The van der Waals surface area contributed by atoms with Gasteiger partial charge >= 0.3 is 0 Å². The fraction of sp³-hybridized carbons (Fsp3) is 0.400. The molecule has 2 aromatic carbocycles. The number of halogens is 1. The summed E-state index contributed by atoms with van der Waals surface area (Å²) in [5, 5.41) is 0. The van der Waals surface area contributed by atoms with Gasteiger partial charge in [-0.3, -0.25) is 4.90 Å². The maximum absolute atomic E-state index is 6.29. The van der Waals surface area contributed by atoms with Crippen molar-refractivity contribution >= 4 is 11.6 Å². The van der Waals surface area contributed by atoms with Crippen LogP contribution in [0.2, 0.25) is 0 Å². The van der Waals surface area contributed by atoms with E-state index in [9.17, 15) is 0 Å². The molecule has 0 amide bonds. The van der Waals surface area contributed by atoms with Crippen LogP contribution >= 0.6 is 11.6 Å². The van der Waals surface area contributed by atoms with E-state index in [4.69, 9.17) is 16.3 Å². The number of methoxy groups -OCH3 is 1. The molecular formula is C20H24ClNO. The zero-order valence-corrected chi connectivity index (χ0v) is 14.6. The molecule has 1 heterocycles. The van der Waals surface area contributed by atoms with Crippen molar-refractivity contribution in [3.05, 3.63) is 65.2 Å². The van der Waals surface area contributed by atoms with Crippen molar-refractivity contribution in [1.82, 2.24) is 4.90 Å². The minimum absolute atomic E-state index is 0.436. The zero-order chi connectivity index (χ0) is 16.2. The number of benzene rings is 2. The summed E-state index contributed by atoms with van der Waals surface area (Å²) in [5.41, 5.74) is 3.93. The van der Waals surface area contributed by atoms with E-state index in [0.29, 0.717) is 17.7 Å². The highest BCUT2D eigenvalue weighted by atomic mass is 35.5. The van der Waals surface area contributed by atoms with Crippen LogP contribution in [0.25, 0.3) is 0 Å². The minimum Gasteiger partial charge on any atom is -0.496 e. The van der Waals surface area contributed by atoms with E-state index < -0.39 is 0 Å². The first-order chi connectivity index (χ1) is 11.2. The summed E-state index contributed by atoms with van der Waals surface area (Å²) in [7, 11) is 1.75. The summed E-state index contributed by atoms with van der Waals surface area (Å²) in [4.78, 5) is 2.51. The molecule has 3 heteroatoms. The van der Waals surface area contributed by atoms with Crippen LogP contribution in [0.4, 0.5) is 0 Å². The first-order valence-corrected chi connectivity index (χ1v) is 8.71. The van der Waals surface area contributed by atoms with Gasteiger partial charge in [-0.15, -0.1) is 11.6 Å². The molecule has 122 valence electrons. The summed E-state index contributed by atoms with van der Waals surface area (Å²) in [5.74, 6) is 2.58. The molecule has 2 aromatic rings. The molecule has 23 heavy (non-hydrogen) atoms. The second kappa shape index (κ2) is 7.37. The van der Waals surface area contributed by atoms with Crippen LogP contribution in [0.1, 0.15) is 22.6 Å². The second-order valence-corrected chi connectivity index (χ2v) is 6.75. The highest BCUT2D eigenvalue weighted by Gasteiger charge is 2.34. The average molecular weight is 330 g/mol. The number of nitrogens with zero attached hydrogens (tertiary/aromatic N) is 1. The maximum atomic E-state index is 6.29. The number of aryl methyl sites for hydroxylation is 1. The summed E-state index contributed by atoms with van der Waals surface area (Å²) < 4.78 is 5.60. The Labute approximate surface area is 144 Å². The first kappa shape index (κ1) is 16.4. The molecule has 0 N–H and O–H groups in total. The zero-order valence-electron chi connectivity index (χ0n) is 13.8. The smallest absolute Gasteiger partial charge is 0.122 e. The van der Waals surface area contributed by atoms with Crippen LogP contribution in [0.15, 0.2) is 48.5 Å². The van der Waals surface area contributed by atoms with Gasteiger partial charge in [-0.2, -0.15) is 0 Å². The minimum atomic E-state index is 0.436. The molecule has 1 fully saturated rings. The standard InChI is InChI=1S/C20H24ClNO/c1-15-8-9-20(23-2)18(10-15)19-14-22(13-17(19)11-21)12-16-6-4-3-5-7-16/h3-10,17,19H,11-14H2,1-2H3. The lowest BCUT2D eigenvalue weighted by Gasteiger charge is -2.20. The molecule has 0 bridgehead atoms. The molecule has 1 saturated heterocycles. The number of alkyl halides is 1. The predicted octanol–water partition coefficient (Wildman–Crippen LogP) is 4.46. The maximum Gasteiger partial charge on any atom is 0.122 e. The molecule has 1 aliphatic rings. The van der Waals surface area contributed by atoms with Gasteiger partial charge in [0.1, 0.15) is 5.75 Å². The Kier molecular flexibility index (Phi) is 5.24. The van der Waals surface area contributed by atoms with Gasteiger partial charge in [-0.1, -0.05) is 48.0 Å². The van der Waals surface area contributed by atoms with E-state index in [1.54, 1.807) is 7.11 Å². The van der Waals surface area contributed by atoms with Crippen molar-refractivity contribution in [2.75, 3.05) is 26.1 Å². The lowest BCUT2D eigenvalue weighted by Crippen LogP contribution is -2.20. The molecule has 0 radical (unpaired) electrons. The van der Waals surface area contributed by atoms with Crippen LogP contribution in [-0.4, -0.2) is 31.0 Å². The van der Waals surface area contributed by atoms with Gasteiger partial charge in [0.2, 0.25) is 0 Å². The first-order valence-electron chi connectivity index (χ1n) is 8.18. The van der Waals surface area contributed by atoms with E-state index >= 15 is 0 Å². The lowest BCUT2D eigenvalue weighted by molar-refractivity contribution is 0.319. The largest absolute Gasteiger partial charge is 0.496 e. The average Bonchev–Trinajstić information content (AvgIpc) is 2.98. The number of likely N-dealkylation sites (tertiary alicyclic amines) is 1. The van der Waals surface area contributed by atoms with Gasteiger partial charge in [-0.05, 0) is 30.0 Å². The van der Waals surface area contributed by atoms with Gasteiger partial charge in [-0.25, -0.2) is 0 Å². The SMILES string of the molecule is COc1ccc(C)cc1C1CN(Cc2ccccc2)CC1CCl. The molecular weight excluding hydrogens is 306 g/mol. The van der Waals surface area contributed by atoms with Gasteiger partial charge in [0.05, 0.1) is 7.11 Å². The molecule has 2 nitrogen and oxygen atoms in total. The second-order valence-electron chi connectivity index (χ2n) is 6.45. The molecule has 0 saturated carbocycles. The van der Waals surface area contributed by atoms with E-state index in [0.717, 1.165) is 25.4 Å². The third kappa shape index (κ3) is 3.70. The van der Waals surface area contributed by atoms with Crippen LogP contribution in [0, 0.1) is 12.8 Å². The number of hydrogen-bond donors (Lipinski definition) is 0. The van der Waals surface area contributed by atoms with Crippen LogP contribution < -0.4 is 4.74 Å².